The summed E-state index contributed by atoms with van der Waals surface area (Å²) in [4.78, 5) is 14.6. The van der Waals surface area contributed by atoms with Crippen LogP contribution in [0.5, 0.6) is 0 Å². The summed E-state index contributed by atoms with van der Waals surface area (Å²) in [5, 5.41) is 13.5. The highest BCUT2D eigenvalue weighted by Gasteiger charge is 2.49. The molecule has 23 heavy (non-hydrogen) atoms. The van der Waals surface area contributed by atoms with E-state index in [9.17, 15) is 9.90 Å². The Morgan fingerprint density at radius 1 is 1.13 bits per heavy atom. The second-order valence-corrected chi connectivity index (χ2v) is 6.22. The van der Waals surface area contributed by atoms with Gasteiger partial charge >= 0.3 is 5.97 Å². The molecule has 2 aromatic carbocycles. The maximum Gasteiger partial charge on any atom is 0.334 e. The number of likely N-dealkylation sites (tertiary alicyclic amines) is 1. The van der Waals surface area contributed by atoms with Gasteiger partial charge in [0.15, 0.2) is 5.54 Å². The molecule has 2 N–H and O–H groups in total. The predicted octanol–water partition coefficient (Wildman–Crippen LogP) is 3.03. The van der Waals surface area contributed by atoms with Crippen molar-refractivity contribution in [3.8, 4) is 0 Å². The lowest BCUT2D eigenvalue weighted by atomic mass is 9.77. The molecule has 1 unspecified atom stereocenters. The van der Waals surface area contributed by atoms with Gasteiger partial charge in [-0.05, 0) is 37.7 Å². The molecule has 3 rings (SSSR count). The van der Waals surface area contributed by atoms with E-state index in [2.05, 4.69) is 10.2 Å². The third kappa shape index (κ3) is 2.94. The fourth-order valence-corrected chi connectivity index (χ4v) is 3.50. The zero-order valence-corrected chi connectivity index (χ0v) is 13.3. The first-order valence-corrected chi connectivity index (χ1v) is 7.93. The predicted molar refractivity (Wildman–Crippen MR) is 91.4 cm³/mol. The number of para-hydroxylation sites is 1. The van der Waals surface area contributed by atoms with Gasteiger partial charge in [0.2, 0.25) is 0 Å². The van der Waals surface area contributed by atoms with Crippen LogP contribution in [0.1, 0.15) is 12.0 Å². The van der Waals surface area contributed by atoms with E-state index in [0.717, 1.165) is 30.8 Å². The first kappa shape index (κ1) is 15.6. The minimum atomic E-state index is -1.12. The fraction of sp³-hybridized carbons (Fsp3) is 0.316. The molecule has 2 aromatic rings. The van der Waals surface area contributed by atoms with Gasteiger partial charge in [0, 0.05) is 18.2 Å². The van der Waals surface area contributed by atoms with E-state index < -0.39 is 11.5 Å². The summed E-state index contributed by atoms with van der Waals surface area (Å²) in [7, 11) is 2.04. The van der Waals surface area contributed by atoms with Gasteiger partial charge in [-0.15, -0.1) is 0 Å². The van der Waals surface area contributed by atoms with Gasteiger partial charge in [-0.25, -0.2) is 4.79 Å². The summed E-state index contributed by atoms with van der Waals surface area (Å²) in [6.45, 7) is 1.68. The first-order chi connectivity index (χ1) is 11.1. The van der Waals surface area contributed by atoms with Crippen molar-refractivity contribution >= 4 is 11.7 Å². The van der Waals surface area contributed by atoms with E-state index in [4.69, 9.17) is 0 Å². The molecule has 0 aromatic heterocycles. The van der Waals surface area contributed by atoms with E-state index in [-0.39, 0.29) is 5.92 Å². The first-order valence-electron chi connectivity index (χ1n) is 7.93. The summed E-state index contributed by atoms with van der Waals surface area (Å²) in [5.74, 6) is -0.819. The zero-order chi connectivity index (χ0) is 16.3. The Balaban J connectivity index is 2.08. The molecule has 1 saturated heterocycles. The number of aliphatic carboxylic acids is 1. The fourth-order valence-electron chi connectivity index (χ4n) is 3.50. The Morgan fingerprint density at radius 2 is 1.74 bits per heavy atom. The van der Waals surface area contributed by atoms with Crippen LogP contribution in [0.4, 0.5) is 5.69 Å². The second kappa shape index (κ2) is 6.42. The standard InChI is InChI=1S/C19H22N2O2/c1-21-13-12-16(14-21)19(18(22)23,15-8-4-2-5-9-15)20-17-10-6-3-7-11-17/h2-11,16,20H,12-14H2,1H3,(H,22,23)/t16?,19-/m1/s1. The van der Waals surface area contributed by atoms with Crippen LogP contribution in [0.3, 0.4) is 0 Å². The van der Waals surface area contributed by atoms with E-state index in [0.29, 0.717) is 0 Å². The molecular weight excluding hydrogens is 288 g/mol. The summed E-state index contributed by atoms with van der Waals surface area (Å²) < 4.78 is 0. The minimum absolute atomic E-state index is 0.00704. The van der Waals surface area contributed by atoms with Crippen molar-refractivity contribution in [3.63, 3.8) is 0 Å². The molecule has 1 heterocycles. The largest absolute Gasteiger partial charge is 0.479 e. The highest BCUT2D eigenvalue weighted by molar-refractivity contribution is 5.85. The molecule has 4 nitrogen and oxygen atoms in total. The normalized spacial score (nSPS) is 20.8. The van der Waals surface area contributed by atoms with Gasteiger partial charge in [0.25, 0.3) is 0 Å². The topological polar surface area (TPSA) is 52.6 Å². The Kier molecular flexibility index (Phi) is 4.35. The number of anilines is 1. The van der Waals surface area contributed by atoms with Crippen LogP contribution in [-0.2, 0) is 10.3 Å². The number of hydrogen-bond acceptors (Lipinski definition) is 3. The van der Waals surface area contributed by atoms with Crippen molar-refractivity contribution in [3.05, 3.63) is 66.2 Å². The van der Waals surface area contributed by atoms with Crippen molar-refractivity contribution in [2.75, 3.05) is 25.5 Å². The molecule has 1 aliphatic rings. The number of benzene rings is 2. The van der Waals surface area contributed by atoms with Crippen molar-refractivity contribution < 1.29 is 9.90 Å². The number of carboxylic acid groups (broad SMARTS) is 1. The highest BCUT2D eigenvalue weighted by atomic mass is 16.4. The summed E-state index contributed by atoms with van der Waals surface area (Å²) >= 11 is 0. The second-order valence-electron chi connectivity index (χ2n) is 6.22. The number of carbonyl (C=O) groups is 1. The number of rotatable bonds is 5. The molecule has 1 fully saturated rings. The van der Waals surface area contributed by atoms with Crippen LogP contribution in [0.25, 0.3) is 0 Å². The SMILES string of the molecule is CN1CCC([C@@](Nc2ccccc2)(C(=O)O)c2ccccc2)C1. The number of carboxylic acids is 1. The molecule has 0 spiro atoms. The molecule has 120 valence electrons. The average molecular weight is 310 g/mol. The number of nitrogens with zero attached hydrogens (tertiary/aromatic N) is 1. The van der Waals surface area contributed by atoms with Gasteiger partial charge in [-0.2, -0.15) is 0 Å². The van der Waals surface area contributed by atoms with E-state index in [1.807, 2.05) is 67.7 Å². The zero-order valence-electron chi connectivity index (χ0n) is 13.3. The van der Waals surface area contributed by atoms with Crippen LogP contribution in [0.2, 0.25) is 0 Å². The lowest BCUT2D eigenvalue weighted by molar-refractivity contribution is -0.144. The molecule has 0 aliphatic carbocycles. The van der Waals surface area contributed by atoms with Crippen LogP contribution in [0.15, 0.2) is 60.7 Å². The minimum Gasteiger partial charge on any atom is -0.479 e. The van der Waals surface area contributed by atoms with Crippen LogP contribution in [-0.4, -0.2) is 36.1 Å². The van der Waals surface area contributed by atoms with Crippen molar-refractivity contribution in [1.29, 1.82) is 0 Å². The smallest absolute Gasteiger partial charge is 0.334 e. The summed E-state index contributed by atoms with van der Waals surface area (Å²) in [5.41, 5.74) is 0.512. The molecule has 0 amide bonds. The van der Waals surface area contributed by atoms with Gasteiger partial charge in [0.1, 0.15) is 0 Å². The molecule has 0 bridgehead atoms. The lowest BCUT2D eigenvalue weighted by Crippen LogP contribution is -2.50. The van der Waals surface area contributed by atoms with Crippen LogP contribution < -0.4 is 5.32 Å². The molecule has 2 atom stereocenters. The summed E-state index contributed by atoms with van der Waals surface area (Å²) in [6.07, 6.45) is 0.859. The van der Waals surface area contributed by atoms with Crippen LogP contribution >= 0.6 is 0 Å². The molecule has 1 aliphatic heterocycles. The van der Waals surface area contributed by atoms with Gasteiger partial charge in [0.05, 0.1) is 0 Å². The third-order valence-corrected chi connectivity index (χ3v) is 4.69. The summed E-state index contributed by atoms with van der Waals surface area (Å²) in [6, 6.07) is 19.1. The monoisotopic (exact) mass is 310 g/mol. The van der Waals surface area contributed by atoms with Crippen molar-refractivity contribution in [2.45, 2.75) is 12.0 Å². The Bertz CT molecular complexity index is 660. The quantitative estimate of drug-likeness (QED) is 0.891. The van der Waals surface area contributed by atoms with E-state index in [1.54, 1.807) is 0 Å². The van der Waals surface area contributed by atoms with Gasteiger partial charge < -0.3 is 15.3 Å². The number of hydrogen-bond donors (Lipinski definition) is 2. The molecule has 4 heteroatoms. The van der Waals surface area contributed by atoms with E-state index >= 15 is 0 Å². The van der Waals surface area contributed by atoms with Crippen molar-refractivity contribution in [2.24, 2.45) is 5.92 Å². The van der Waals surface area contributed by atoms with Gasteiger partial charge in [-0.3, -0.25) is 0 Å². The van der Waals surface area contributed by atoms with Crippen LogP contribution in [0, 0.1) is 5.92 Å². The molecular formula is C19H22N2O2. The third-order valence-electron chi connectivity index (χ3n) is 4.69. The van der Waals surface area contributed by atoms with Crippen molar-refractivity contribution in [1.82, 2.24) is 4.90 Å². The molecule has 0 saturated carbocycles. The van der Waals surface area contributed by atoms with Gasteiger partial charge in [-0.1, -0.05) is 48.5 Å². The van der Waals surface area contributed by atoms with E-state index in [1.165, 1.54) is 0 Å². The average Bonchev–Trinajstić information content (AvgIpc) is 3.01. The molecule has 0 radical (unpaired) electrons. The Labute approximate surface area is 136 Å². The number of nitrogens with one attached hydrogen (secondary N) is 1. The highest BCUT2D eigenvalue weighted by Crippen LogP contribution is 2.39. The maximum atomic E-state index is 12.4. The maximum absolute atomic E-state index is 12.4. The lowest BCUT2D eigenvalue weighted by Gasteiger charge is -2.37. The Morgan fingerprint density at radius 3 is 2.26 bits per heavy atom. The Hall–Kier alpha value is -2.33.